The van der Waals surface area contributed by atoms with Crippen LogP contribution < -0.4 is 10.1 Å². The largest absolute Gasteiger partial charge is 0.497 e. The predicted octanol–water partition coefficient (Wildman–Crippen LogP) is 2.17. The maximum atomic E-state index is 13.3. The van der Waals surface area contributed by atoms with Gasteiger partial charge in [-0.1, -0.05) is 18.2 Å². The van der Waals surface area contributed by atoms with E-state index in [1.165, 1.54) is 0 Å². The summed E-state index contributed by atoms with van der Waals surface area (Å²) in [5.74, 6) is 0.918. The molecule has 0 spiro atoms. The van der Waals surface area contributed by atoms with Crippen molar-refractivity contribution in [2.75, 3.05) is 20.7 Å². The van der Waals surface area contributed by atoms with E-state index in [0.717, 1.165) is 40.7 Å². The van der Waals surface area contributed by atoms with Crippen LogP contribution >= 0.6 is 0 Å². The zero-order chi connectivity index (χ0) is 21.3. The number of ketones is 1. The van der Waals surface area contributed by atoms with Crippen LogP contribution in [-0.4, -0.2) is 71.3 Å². The molecule has 0 amide bonds. The number of rotatable bonds is 4. The van der Waals surface area contributed by atoms with E-state index in [1.807, 2.05) is 43.4 Å². The highest BCUT2D eigenvalue weighted by Gasteiger charge is 2.48. The van der Waals surface area contributed by atoms with Gasteiger partial charge in [0.25, 0.3) is 6.47 Å². The van der Waals surface area contributed by atoms with E-state index in [4.69, 9.17) is 14.6 Å². The number of nitrogens with zero attached hydrogens (tertiary/aromatic N) is 2. The Morgan fingerprint density at radius 2 is 1.93 bits per heavy atom. The number of carbonyl (C=O) groups excluding carboxylic acids is 1. The molecule has 3 N–H and O–H groups in total. The number of likely N-dealkylation sites (tertiary alicyclic amines) is 1. The van der Waals surface area contributed by atoms with E-state index in [-0.39, 0.29) is 24.3 Å². The average molecular weight is 408 g/mol. The highest BCUT2D eigenvalue weighted by Crippen LogP contribution is 2.32. The Morgan fingerprint density at radius 3 is 2.57 bits per heavy atom. The van der Waals surface area contributed by atoms with Gasteiger partial charge in [0, 0.05) is 24.0 Å². The van der Waals surface area contributed by atoms with Crippen LogP contribution in [0.2, 0.25) is 0 Å². The first kappa shape index (κ1) is 20.1. The number of benzene rings is 2. The first-order chi connectivity index (χ1) is 14.6. The SMILES string of the molecule is COc1ccc(-c2ccc3[nH]nc(C(=O)C4[C@H]5C[C@@H](CN5)N4C)c3c2)cc1.O=CO. The first-order valence-electron chi connectivity index (χ1n) is 9.77. The third-order valence-electron chi connectivity index (χ3n) is 6.03. The zero-order valence-electron chi connectivity index (χ0n) is 16.8. The molecule has 0 radical (unpaired) electrons. The van der Waals surface area contributed by atoms with Crippen molar-refractivity contribution in [3.8, 4) is 16.9 Å². The van der Waals surface area contributed by atoms with Crippen molar-refractivity contribution in [2.24, 2.45) is 0 Å². The fourth-order valence-electron chi connectivity index (χ4n) is 4.48. The summed E-state index contributed by atoms with van der Waals surface area (Å²) in [6.07, 6.45) is 1.03. The summed E-state index contributed by atoms with van der Waals surface area (Å²) in [5, 5.41) is 18.6. The van der Waals surface area contributed by atoms with E-state index >= 15 is 0 Å². The van der Waals surface area contributed by atoms with Gasteiger partial charge < -0.3 is 15.2 Å². The van der Waals surface area contributed by atoms with Crippen LogP contribution in [0, 0.1) is 0 Å². The van der Waals surface area contributed by atoms with E-state index < -0.39 is 0 Å². The molecule has 1 aromatic heterocycles. The third kappa shape index (κ3) is 3.44. The second kappa shape index (κ2) is 8.25. The summed E-state index contributed by atoms with van der Waals surface area (Å²) >= 11 is 0. The number of Topliss-reactive ketones (excluding diaryl/α,β-unsaturated/α-hetero) is 1. The average Bonchev–Trinajstić information content (AvgIpc) is 3.48. The molecule has 2 fully saturated rings. The van der Waals surface area contributed by atoms with Gasteiger partial charge >= 0.3 is 0 Å². The smallest absolute Gasteiger partial charge is 0.290 e. The second-order valence-electron chi connectivity index (χ2n) is 7.55. The number of hydrogen-bond acceptors (Lipinski definition) is 6. The molecule has 156 valence electrons. The molecule has 1 unspecified atom stereocenters. The molecule has 2 aliphatic heterocycles. The minimum absolute atomic E-state index is 0.0929. The van der Waals surface area contributed by atoms with Gasteiger partial charge in [0.05, 0.1) is 18.7 Å². The van der Waals surface area contributed by atoms with Gasteiger partial charge in [-0.2, -0.15) is 5.10 Å². The van der Waals surface area contributed by atoms with E-state index in [9.17, 15) is 4.79 Å². The highest BCUT2D eigenvalue weighted by atomic mass is 16.5. The molecule has 30 heavy (non-hydrogen) atoms. The van der Waals surface area contributed by atoms with Crippen LogP contribution in [0.5, 0.6) is 5.75 Å². The number of piperazine rings is 1. The molecule has 3 heterocycles. The maximum absolute atomic E-state index is 13.3. The number of methoxy groups -OCH3 is 1. The Labute approximate surface area is 173 Å². The van der Waals surface area contributed by atoms with Crippen LogP contribution in [0.15, 0.2) is 42.5 Å². The van der Waals surface area contributed by atoms with Crippen LogP contribution in [0.1, 0.15) is 16.9 Å². The predicted molar refractivity (Wildman–Crippen MR) is 113 cm³/mol. The number of ether oxygens (including phenoxy) is 1. The zero-order valence-corrected chi connectivity index (χ0v) is 16.8. The van der Waals surface area contributed by atoms with E-state index in [1.54, 1.807) is 7.11 Å². The molecule has 0 aliphatic carbocycles. The molecule has 3 atom stereocenters. The Bertz CT molecular complexity index is 1060. The Morgan fingerprint density at radius 1 is 1.23 bits per heavy atom. The van der Waals surface area contributed by atoms with Crippen molar-refractivity contribution < 1.29 is 19.4 Å². The summed E-state index contributed by atoms with van der Waals surface area (Å²) in [6.45, 7) is 0.716. The monoisotopic (exact) mass is 408 g/mol. The molecule has 5 rings (SSSR count). The van der Waals surface area contributed by atoms with Crippen LogP contribution in [0.3, 0.4) is 0 Å². The van der Waals surface area contributed by atoms with Gasteiger partial charge in [-0.15, -0.1) is 0 Å². The minimum Gasteiger partial charge on any atom is -0.497 e. The number of carbonyl (C=O) groups is 2. The lowest BCUT2D eigenvalue weighted by atomic mass is 9.98. The molecule has 3 aromatic rings. The Balaban J connectivity index is 0.000000687. The molecule has 2 aromatic carbocycles. The molecular formula is C22H24N4O4. The van der Waals surface area contributed by atoms with Crippen LogP contribution in [0.4, 0.5) is 0 Å². The van der Waals surface area contributed by atoms with E-state index in [0.29, 0.717) is 11.7 Å². The van der Waals surface area contributed by atoms with Crippen molar-refractivity contribution in [2.45, 2.75) is 24.5 Å². The first-order valence-corrected chi connectivity index (χ1v) is 9.77. The minimum atomic E-state index is -0.250. The number of H-pyrrole nitrogens is 1. The maximum Gasteiger partial charge on any atom is 0.290 e. The Kier molecular flexibility index (Phi) is 5.52. The number of aromatic amines is 1. The van der Waals surface area contributed by atoms with Crippen molar-refractivity contribution in [3.05, 3.63) is 48.2 Å². The summed E-state index contributed by atoms with van der Waals surface area (Å²) < 4.78 is 5.23. The van der Waals surface area contributed by atoms with Gasteiger partial charge in [-0.3, -0.25) is 19.6 Å². The lowest BCUT2D eigenvalue weighted by Gasteiger charge is -2.30. The number of nitrogens with one attached hydrogen (secondary N) is 2. The topological polar surface area (TPSA) is 108 Å². The quantitative estimate of drug-likeness (QED) is 0.449. The number of fused-ring (bicyclic) bond motifs is 3. The lowest BCUT2D eigenvalue weighted by Crippen LogP contribution is -2.53. The van der Waals surface area contributed by atoms with Gasteiger partial charge in [-0.25, -0.2) is 0 Å². The Hall–Kier alpha value is -3.23. The molecule has 2 bridgehead atoms. The number of likely N-dealkylation sites (N-methyl/N-ethyl adjacent to an activating group) is 1. The fraction of sp³-hybridized carbons (Fsp3) is 0.318. The van der Waals surface area contributed by atoms with Crippen molar-refractivity contribution >= 4 is 23.2 Å². The van der Waals surface area contributed by atoms with Gasteiger partial charge in [0.1, 0.15) is 11.4 Å². The number of hydrogen-bond donors (Lipinski definition) is 3. The summed E-state index contributed by atoms with van der Waals surface area (Å²) in [7, 11) is 3.71. The third-order valence-corrected chi connectivity index (χ3v) is 6.03. The molecule has 2 aliphatic rings. The summed E-state index contributed by atoms with van der Waals surface area (Å²) in [4.78, 5) is 23.8. The second-order valence-corrected chi connectivity index (χ2v) is 7.55. The normalized spacial score (nSPS) is 22.5. The van der Waals surface area contributed by atoms with Crippen molar-refractivity contribution in [1.82, 2.24) is 20.4 Å². The van der Waals surface area contributed by atoms with Gasteiger partial charge in [-0.05, 0) is 48.9 Å². The van der Waals surface area contributed by atoms with Crippen LogP contribution in [0.25, 0.3) is 22.0 Å². The molecule has 2 saturated heterocycles. The molecular weight excluding hydrogens is 384 g/mol. The summed E-state index contributed by atoms with van der Waals surface area (Å²) in [5.41, 5.74) is 3.55. The van der Waals surface area contributed by atoms with Crippen molar-refractivity contribution in [3.63, 3.8) is 0 Å². The number of carboxylic acid groups (broad SMARTS) is 1. The van der Waals surface area contributed by atoms with E-state index in [2.05, 4.69) is 26.5 Å². The highest BCUT2D eigenvalue weighted by molar-refractivity contribution is 6.09. The lowest BCUT2D eigenvalue weighted by molar-refractivity contribution is -0.122. The number of aromatic nitrogens is 2. The summed E-state index contributed by atoms with van der Waals surface area (Å²) in [6, 6.07) is 14.5. The molecule has 8 heteroatoms. The standard InChI is InChI=1S/C21H22N4O2.CH2O2/c1-25-14-10-18(22-11-14)20(25)21(26)19-16-9-13(5-8-17(16)23-24-19)12-3-6-15(27-2)7-4-12;2-1-3/h3-9,14,18,20,22H,10-11H2,1-2H3,(H,23,24);1H,(H,2,3)/t14-,18+,20?;/m0./s1. The molecule has 0 saturated carbocycles. The fourth-order valence-corrected chi connectivity index (χ4v) is 4.48. The van der Waals surface area contributed by atoms with Crippen molar-refractivity contribution in [1.29, 1.82) is 0 Å². The van der Waals surface area contributed by atoms with Gasteiger partial charge in [0.15, 0.2) is 0 Å². The van der Waals surface area contributed by atoms with Gasteiger partial charge in [0.2, 0.25) is 5.78 Å². The van der Waals surface area contributed by atoms with Crippen LogP contribution in [-0.2, 0) is 4.79 Å². The molecule has 8 nitrogen and oxygen atoms in total.